The van der Waals surface area contributed by atoms with Gasteiger partial charge in [-0.1, -0.05) is 73.2 Å². The molecule has 2 aliphatic rings. The molecule has 2 amide bonds. The molecule has 6 aromatic rings. The Labute approximate surface area is 465 Å². The first-order valence-corrected chi connectivity index (χ1v) is 25.4. The van der Waals surface area contributed by atoms with E-state index >= 15 is 0 Å². The van der Waals surface area contributed by atoms with Crippen molar-refractivity contribution in [3.8, 4) is 11.4 Å². The smallest absolute Gasteiger partial charge is 0.410 e. The zero-order valence-corrected chi connectivity index (χ0v) is 46.4. The van der Waals surface area contributed by atoms with Gasteiger partial charge in [-0.05, 0) is 116 Å². The lowest BCUT2D eigenvalue weighted by Crippen LogP contribution is -2.55. The van der Waals surface area contributed by atoms with Gasteiger partial charge in [-0.3, -0.25) is 19.7 Å². The molecule has 19 nitrogen and oxygen atoms in total. The van der Waals surface area contributed by atoms with E-state index in [1.54, 1.807) is 34.3 Å². The Morgan fingerprint density at radius 1 is 0.692 bits per heavy atom. The van der Waals surface area contributed by atoms with Crippen LogP contribution in [-0.4, -0.2) is 124 Å². The second-order valence-corrected chi connectivity index (χ2v) is 21.9. The molecule has 2 N–H and O–H groups in total. The highest BCUT2D eigenvalue weighted by Gasteiger charge is 2.33. The minimum atomic E-state index is -0.827. The maximum atomic E-state index is 14.7. The zero-order chi connectivity index (χ0) is 55.6. The molecule has 0 bridgehead atoms. The van der Waals surface area contributed by atoms with Gasteiger partial charge >= 0.3 is 23.6 Å². The van der Waals surface area contributed by atoms with Crippen molar-refractivity contribution in [1.29, 1.82) is 0 Å². The number of anilines is 1. The summed E-state index contributed by atoms with van der Waals surface area (Å²) >= 11 is 11.9. The predicted octanol–water partition coefficient (Wildman–Crippen LogP) is 10.7. The first kappa shape index (κ1) is 65.7. The summed E-state index contributed by atoms with van der Waals surface area (Å²) < 4.78 is 41.8. The molecule has 0 spiro atoms. The minimum absolute atomic E-state index is 0. The number of pyridine rings is 4. The number of hydrogen-bond donors (Lipinski definition) is 2. The van der Waals surface area contributed by atoms with Gasteiger partial charge in [0.15, 0.2) is 33.2 Å². The highest BCUT2D eigenvalue weighted by Crippen LogP contribution is 2.33. The van der Waals surface area contributed by atoms with E-state index in [0.717, 1.165) is 36.8 Å². The van der Waals surface area contributed by atoms with E-state index in [1.807, 2.05) is 94.9 Å². The number of aromatic nitrogens is 8. The quantitative estimate of drug-likeness (QED) is 0.154. The fourth-order valence-corrected chi connectivity index (χ4v) is 8.85. The number of hydrogen-bond acceptors (Lipinski definition) is 14. The van der Waals surface area contributed by atoms with E-state index in [4.69, 9.17) is 32.7 Å². The van der Waals surface area contributed by atoms with Gasteiger partial charge in [-0.15, -0.1) is 0 Å². The molecule has 2 fully saturated rings. The number of piperazine rings is 2. The maximum absolute atomic E-state index is 14.7. The van der Waals surface area contributed by atoms with Crippen molar-refractivity contribution in [3.05, 3.63) is 112 Å². The molecule has 0 saturated carbocycles. The SMILES string of the molecule is C.C.C.C[C@H]1CN(C(=O)OC(C)(C)C)CCN1.Cc1ccnc(C(C)C)c1-n1c(=O)[nH]c(=O)c2cc(F)c(Cl)nc21.Cc1ccnc(C(C)C)c1-n1c(=O)nc(N2CCN(C(=O)OC(C)(C)C)C[C@@H]2C)c2cc(F)c(Cl)nc21. The Balaban J connectivity index is 0.000000335. The molecule has 78 heavy (non-hydrogen) atoms. The molecule has 0 aliphatic carbocycles. The van der Waals surface area contributed by atoms with Crippen molar-refractivity contribution < 1.29 is 27.8 Å². The average Bonchev–Trinajstić information content (AvgIpc) is 3.30. The van der Waals surface area contributed by atoms with Crippen molar-refractivity contribution in [1.82, 2.24) is 54.2 Å². The normalized spacial score (nSPS) is 15.6. The molecule has 2 aliphatic heterocycles. The van der Waals surface area contributed by atoms with Gasteiger partial charge in [0, 0.05) is 63.7 Å². The number of halogens is 4. The number of aromatic amines is 1. The van der Waals surface area contributed by atoms with E-state index in [1.165, 1.54) is 15.2 Å². The number of H-pyrrole nitrogens is 1. The molecule has 23 heteroatoms. The summed E-state index contributed by atoms with van der Waals surface area (Å²) in [4.78, 5) is 91.3. The van der Waals surface area contributed by atoms with Crippen LogP contribution in [0.15, 0.2) is 51.0 Å². The third kappa shape index (κ3) is 15.2. The fourth-order valence-electron chi connectivity index (χ4n) is 8.58. The second-order valence-electron chi connectivity index (χ2n) is 21.2. The molecule has 6 aromatic heterocycles. The number of amides is 2. The third-order valence-corrected chi connectivity index (χ3v) is 12.5. The van der Waals surface area contributed by atoms with Gasteiger partial charge in [0.2, 0.25) is 0 Å². The number of nitrogens with zero attached hydrogens (tertiary/aromatic N) is 10. The highest BCUT2D eigenvalue weighted by molar-refractivity contribution is 6.30. The summed E-state index contributed by atoms with van der Waals surface area (Å²) in [6, 6.07) is 5.91. The molecule has 0 aromatic carbocycles. The monoisotopic (exact) mass is 1130 g/mol. The van der Waals surface area contributed by atoms with Crippen LogP contribution in [0, 0.1) is 25.5 Å². The van der Waals surface area contributed by atoms with Crippen LogP contribution in [0.25, 0.3) is 33.4 Å². The van der Waals surface area contributed by atoms with Crippen LogP contribution in [0.3, 0.4) is 0 Å². The fraction of sp³-hybridized carbons (Fsp3) is 0.527. The summed E-state index contributed by atoms with van der Waals surface area (Å²) in [7, 11) is 0. The Bertz CT molecular complexity index is 3300. The van der Waals surface area contributed by atoms with E-state index in [0.29, 0.717) is 59.6 Å². The van der Waals surface area contributed by atoms with Gasteiger partial charge in [0.1, 0.15) is 17.0 Å². The topological polar surface area (TPSA) is 216 Å². The van der Waals surface area contributed by atoms with Crippen molar-refractivity contribution in [3.63, 3.8) is 0 Å². The lowest BCUT2D eigenvalue weighted by molar-refractivity contribution is 0.0197. The average molecular weight is 1130 g/mol. The molecular formula is C55H78Cl2F2N12O7. The minimum Gasteiger partial charge on any atom is -0.444 e. The number of ether oxygens (including phenoxy) is 2. The zero-order valence-electron chi connectivity index (χ0n) is 44.9. The molecule has 428 valence electrons. The van der Waals surface area contributed by atoms with Crippen LogP contribution < -0.4 is 27.2 Å². The van der Waals surface area contributed by atoms with Crippen molar-refractivity contribution in [2.24, 2.45) is 0 Å². The Morgan fingerprint density at radius 2 is 1.15 bits per heavy atom. The van der Waals surface area contributed by atoms with E-state index in [9.17, 15) is 32.8 Å². The Morgan fingerprint density at radius 3 is 1.62 bits per heavy atom. The Kier molecular flexibility index (Phi) is 22.2. The van der Waals surface area contributed by atoms with Gasteiger partial charge in [0.05, 0.1) is 33.5 Å². The van der Waals surface area contributed by atoms with Gasteiger partial charge in [-0.25, -0.2) is 47.1 Å². The predicted molar refractivity (Wildman–Crippen MR) is 306 cm³/mol. The number of rotatable bonds is 5. The largest absolute Gasteiger partial charge is 0.444 e. The summed E-state index contributed by atoms with van der Waals surface area (Å²) in [5, 5.41) is 2.82. The van der Waals surface area contributed by atoms with Gasteiger partial charge < -0.3 is 29.5 Å². The summed E-state index contributed by atoms with van der Waals surface area (Å²) in [5.74, 6) is -1.22. The number of aryl methyl sites for hydroxylation is 2. The van der Waals surface area contributed by atoms with Crippen LogP contribution in [0.2, 0.25) is 10.3 Å². The molecule has 0 unspecified atom stereocenters. The van der Waals surface area contributed by atoms with E-state index in [2.05, 4.69) is 42.1 Å². The molecule has 8 heterocycles. The van der Waals surface area contributed by atoms with Crippen LogP contribution >= 0.6 is 23.2 Å². The number of nitrogens with one attached hydrogen (secondary N) is 2. The second kappa shape index (κ2) is 26.4. The number of fused-ring (bicyclic) bond motifs is 2. The summed E-state index contributed by atoms with van der Waals surface area (Å²) in [5.41, 5.74) is 1.21. The molecular weight excluding hydrogens is 1050 g/mol. The van der Waals surface area contributed by atoms with Crippen molar-refractivity contribution in [2.75, 3.05) is 44.2 Å². The van der Waals surface area contributed by atoms with Gasteiger partial charge in [0.25, 0.3) is 5.56 Å². The molecule has 0 radical (unpaired) electrons. The molecule has 2 saturated heterocycles. The van der Waals surface area contributed by atoms with Crippen LogP contribution in [0.4, 0.5) is 24.2 Å². The van der Waals surface area contributed by atoms with Crippen molar-refractivity contribution >= 4 is 63.3 Å². The lowest BCUT2D eigenvalue weighted by atomic mass is 10.0. The third-order valence-electron chi connectivity index (χ3n) is 12.0. The lowest BCUT2D eigenvalue weighted by Gasteiger charge is -2.41. The van der Waals surface area contributed by atoms with E-state index < -0.39 is 51.0 Å². The van der Waals surface area contributed by atoms with E-state index in [-0.39, 0.29) is 68.1 Å². The van der Waals surface area contributed by atoms with Crippen LogP contribution in [-0.2, 0) is 9.47 Å². The standard InChI is InChI=1S/C26H32ClFN6O3.C16H14ClFN4O2.C10H20N2O2.3CH4/c1-14(2)19-20(15(3)8-9-29-19)34-23-17(12-18(28)21(27)30-23)22(31-24(34)35)33-11-10-32(13-16(33)4)25(36)37-26(5,6)7;1-7(2)11-12(8(3)4-5-19-11)22-14-9(15(23)21-16(22)24)6-10(18)13(17)20-14;1-8-7-12(6-5-11-8)9(13)14-10(2,3)4;;;/h8-9,12,14,16H,10-11,13H2,1-7H3;4-7H,1-3H3,(H,21,23,24);8,11H,5-7H2,1-4H3;3*1H4/t16-;;8-;;;/m0.0.../s1. The first-order valence-electron chi connectivity index (χ1n) is 24.6. The Hall–Kier alpha value is -6.58. The number of carbonyl (C=O) groups excluding carboxylic acids is 2. The highest BCUT2D eigenvalue weighted by atomic mass is 35.5. The first-order chi connectivity index (χ1) is 35.0. The van der Waals surface area contributed by atoms with Crippen LogP contribution in [0.1, 0.15) is 140 Å². The van der Waals surface area contributed by atoms with Crippen LogP contribution in [0.5, 0.6) is 0 Å². The van der Waals surface area contributed by atoms with Crippen molar-refractivity contribution in [2.45, 2.75) is 154 Å². The van der Waals surface area contributed by atoms with Gasteiger partial charge in [-0.2, -0.15) is 4.98 Å². The number of carbonyl (C=O) groups is 2. The maximum Gasteiger partial charge on any atom is 0.410 e. The molecule has 8 rings (SSSR count). The summed E-state index contributed by atoms with van der Waals surface area (Å²) in [6.07, 6.45) is 2.73. The molecule has 2 atom stereocenters. The summed E-state index contributed by atoms with van der Waals surface area (Å²) in [6.45, 7) is 30.0.